The van der Waals surface area contributed by atoms with Gasteiger partial charge in [-0.1, -0.05) is 17.7 Å². The highest BCUT2D eigenvalue weighted by Crippen LogP contribution is 2.28. The highest BCUT2D eigenvalue weighted by Gasteiger charge is 2.29. The highest BCUT2D eigenvalue weighted by atomic mass is 127. The third-order valence-electron chi connectivity index (χ3n) is 5.52. The van der Waals surface area contributed by atoms with Crippen LogP contribution in [0.4, 0.5) is 5.69 Å². The summed E-state index contributed by atoms with van der Waals surface area (Å²) >= 11 is 6.55. The number of guanidine groups is 1. The summed E-state index contributed by atoms with van der Waals surface area (Å²) in [5.74, 6) is 0.774. The van der Waals surface area contributed by atoms with Crippen molar-refractivity contribution in [3.05, 3.63) is 28.8 Å². The summed E-state index contributed by atoms with van der Waals surface area (Å²) < 4.78 is 5.85. The molecule has 0 radical (unpaired) electrons. The van der Waals surface area contributed by atoms with Crippen molar-refractivity contribution in [3.8, 4) is 0 Å². The molecule has 8 heteroatoms. The van der Waals surface area contributed by atoms with E-state index in [-0.39, 0.29) is 29.6 Å². The minimum Gasteiger partial charge on any atom is -0.373 e. The summed E-state index contributed by atoms with van der Waals surface area (Å²) in [7, 11) is 3.96. The second-order valence-electron chi connectivity index (χ2n) is 7.71. The topological polar surface area (TPSA) is 52.1 Å². The minimum atomic E-state index is -0.104. The fourth-order valence-electron chi connectivity index (χ4n) is 3.71. The van der Waals surface area contributed by atoms with Crippen molar-refractivity contribution in [3.63, 3.8) is 0 Å². The molecule has 1 aromatic carbocycles. The first-order valence-electron chi connectivity index (χ1n) is 9.80. The van der Waals surface area contributed by atoms with E-state index < -0.39 is 0 Å². The molecular weight excluding hydrogens is 489 g/mol. The predicted molar refractivity (Wildman–Crippen MR) is 128 cm³/mol. The van der Waals surface area contributed by atoms with Crippen LogP contribution in [-0.4, -0.2) is 69.9 Å². The number of benzene rings is 1. The molecular formula is C20H33ClIN5O. The summed E-state index contributed by atoms with van der Waals surface area (Å²) in [6, 6.07) is 6.16. The zero-order valence-corrected chi connectivity index (χ0v) is 20.2. The van der Waals surface area contributed by atoms with Gasteiger partial charge in [-0.3, -0.25) is 4.99 Å². The predicted octanol–water partition coefficient (Wildman–Crippen LogP) is 2.94. The SMILES string of the molecule is CN=C(NCc1c(Cl)cccc1N1CCN(C)CC1)NCC1(C)CCCO1.I. The van der Waals surface area contributed by atoms with Crippen molar-refractivity contribution in [2.45, 2.75) is 31.9 Å². The van der Waals surface area contributed by atoms with E-state index >= 15 is 0 Å². The molecule has 3 rings (SSSR count). The third-order valence-corrected chi connectivity index (χ3v) is 5.88. The van der Waals surface area contributed by atoms with Crippen molar-refractivity contribution < 1.29 is 4.74 Å². The van der Waals surface area contributed by atoms with Crippen LogP contribution in [0.3, 0.4) is 0 Å². The van der Waals surface area contributed by atoms with Crippen LogP contribution in [-0.2, 0) is 11.3 Å². The number of anilines is 1. The number of aliphatic imine (C=N–C) groups is 1. The lowest BCUT2D eigenvalue weighted by atomic mass is 10.0. The molecule has 2 saturated heterocycles. The smallest absolute Gasteiger partial charge is 0.191 e. The largest absolute Gasteiger partial charge is 0.373 e. The van der Waals surface area contributed by atoms with E-state index in [0.29, 0.717) is 6.54 Å². The van der Waals surface area contributed by atoms with Gasteiger partial charge >= 0.3 is 0 Å². The Morgan fingerprint density at radius 2 is 2.00 bits per heavy atom. The zero-order chi connectivity index (χ0) is 19.3. The molecule has 0 aromatic heterocycles. The third kappa shape index (κ3) is 6.11. The summed E-state index contributed by atoms with van der Waals surface area (Å²) in [4.78, 5) is 9.13. The Morgan fingerprint density at radius 1 is 1.25 bits per heavy atom. The Kier molecular flexibility index (Phi) is 9.11. The van der Waals surface area contributed by atoms with Crippen molar-refractivity contribution >= 4 is 47.2 Å². The number of nitrogens with one attached hydrogen (secondary N) is 2. The summed E-state index contributed by atoms with van der Waals surface area (Å²) in [6.45, 7) is 8.57. The van der Waals surface area contributed by atoms with Gasteiger partial charge in [-0.25, -0.2) is 0 Å². The van der Waals surface area contributed by atoms with Gasteiger partial charge in [0, 0.05) is 69.2 Å². The van der Waals surface area contributed by atoms with E-state index in [1.54, 1.807) is 7.05 Å². The van der Waals surface area contributed by atoms with Crippen LogP contribution in [0.25, 0.3) is 0 Å². The van der Waals surface area contributed by atoms with E-state index in [9.17, 15) is 0 Å². The van der Waals surface area contributed by atoms with Crippen molar-refractivity contribution in [2.24, 2.45) is 4.99 Å². The number of likely N-dealkylation sites (N-methyl/N-ethyl adjacent to an activating group) is 1. The van der Waals surface area contributed by atoms with E-state index in [2.05, 4.69) is 45.5 Å². The molecule has 2 N–H and O–H groups in total. The van der Waals surface area contributed by atoms with Gasteiger partial charge in [0.15, 0.2) is 5.96 Å². The number of nitrogens with zero attached hydrogens (tertiary/aromatic N) is 3. The average molecular weight is 522 g/mol. The number of rotatable bonds is 5. The molecule has 2 aliphatic rings. The molecule has 0 spiro atoms. The second-order valence-corrected chi connectivity index (χ2v) is 8.12. The number of halogens is 2. The lowest BCUT2D eigenvalue weighted by Gasteiger charge is -2.35. The van der Waals surface area contributed by atoms with E-state index in [0.717, 1.165) is 68.7 Å². The normalized spacial score (nSPS) is 23.4. The molecule has 0 aliphatic carbocycles. The maximum atomic E-state index is 6.55. The molecule has 1 unspecified atom stereocenters. The van der Waals surface area contributed by atoms with E-state index in [1.807, 2.05) is 12.1 Å². The number of ether oxygens (including phenoxy) is 1. The van der Waals surface area contributed by atoms with Crippen LogP contribution in [0.15, 0.2) is 23.2 Å². The van der Waals surface area contributed by atoms with Crippen LogP contribution in [0.2, 0.25) is 5.02 Å². The standard InChI is InChI=1S/C20H32ClN5O.HI/c1-20(8-5-13-27-20)15-24-19(22-2)23-14-16-17(21)6-4-7-18(16)26-11-9-25(3)10-12-26;/h4,6-7H,5,8-15H2,1-3H3,(H2,22,23,24);1H. The summed E-state index contributed by atoms with van der Waals surface area (Å²) in [6.07, 6.45) is 2.20. The van der Waals surface area contributed by atoms with Gasteiger partial charge in [0.05, 0.1) is 5.60 Å². The van der Waals surface area contributed by atoms with Gasteiger partial charge < -0.3 is 25.2 Å². The quantitative estimate of drug-likeness (QED) is 0.355. The molecule has 158 valence electrons. The summed E-state index contributed by atoms with van der Waals surface area (Å²) in [5.41, 5.74) is 2.23. The Morgan fingerprint density at radius 3 is 2.64 bits per heavy atom. The van der Waals surface area contributed by atoms with Crippen LogP contribution in [0.1, 0.15) is 25.3 Å². The zero-order valence-electron chi connectivity index (χ0n) is 17.1. The molecule has 0 amide bonds. The Balaban J connectivity index is 0.00000280. The first kappa shape index (κ1) is 23.5. The van der Waals surface area contributed by atoms with Crippen LogP contribution in [0, 0.1) is 0 Å². The average Bonchev–Trinajstić information content (AvgIpc) is 3.10. The van der Waals surface area contributed by atoms with E-state index in [1.165, 1.54) is 5.69 Å². The van der Waals surface area contributed by atoms with Crippen LogP contribution < -0.4 is 15.5 Å². The van der Waals surface area contributed by atoms with Gasteiger partial charge in [0.2, 0.25) is 0 Å². The molecule has 1 aromatic rings. The first-order valence-corrected chi connectivity index (χ1v) is 10.2. The highest BCUT2D eigenvalue weighted by molar-refractivity contribution is 14.0. The number of hydrogen-bond acceptors (Lipinski definition) is 4. The van der Waals surface area contributed by atoms with Gasteiger partial charge in [-0.2, -0.15) is 0 Å². The van der Waals surface area contributed by atoms with Crippen LogP contribution >= 0.6 is 35.6 Å². The lowest BCUT2D eigenvalue weighted by Crippen LogP contribution is -2.46. The molecule has 0 saturated carbocycles. The first-order chi connectivity index (χ1) is 13.0. The molecule has 0 bridgehead atoms. The maximum Gasteiger partial charge on any atom is 0.191 e. The molecule has 2 fully saturated rings. The van der Waals surface area contributed by atoms with Crippen LogP contribution in [0.5, 0.6) is 0 Å². The molecule has 1 atom stereocenters. The van der Waals surface area contributed by atoms with Crippen molar-refractivity contribution in [1.29, 1.82) is 0 Å². The van der Waals surface area contributed by atoms with Gasteiger partial charge in [-0.15, -0.1) is 24.0 Å². The van der Waals surface area contributed by atoms with Crippen molar-refractivity contribution in [2.75, 3.05) is 58.3 Å². The summed E-state index contributed by atoms with van der Waals surface area (Å²) in [5, 5.41) is 7.61. The van der Waals surface area contributed by atoms with Gasteiger partial charge in [-0.05, 0) is 38.9 Å². The van der Waals surface area contributed by atoms with Crippen molar-refractivity contribution in [1.82, 2.24) is 15.5 Å². The monoisotopic (exact) mass is 521 g/mol. The second kappa shape index (κ2) is 10.8. The molecule has 2 heterocycles. The Hall–Kier alpha value is -0.770. The molecule has 2 aliphatic heterocycles. The number of hydrogen-bond donors (Lipinski definition) is 2. The fraction of sp³-hybridized carbons (Fsp3) is 0.650. The fourth-order valence-corrected chi connectivity index (χ4v) is 3.94. The van der Waals surface area contributed by atoms with E-state index in [4.69, 9.17) is 16.3 Å². The lowest BCUT2D eigenvalue weighted by molar-refractivity contribution is 0.0243. The maximum absolute atomic E-state index is 6.55. The van der Waals surface area contributed by atoms with Gasteiger partial charge in [0.25, 0.3) is 0 Å². The molecule has 28 heavy (non-hydrogen) atoms. The molecule has 6 nitrogen and oxygen atoms in total. The Bertz CT molecular complexity index is 658. The van der Waals surface area contributed by atoms with Gasteiger partial charge in [0.1, 0.15) is 0 Å². The Labute approximate surface area is 191 Å². The minimum absolute atomic E-state index is 0. The number of piperazine rings is 1.